The van der Waals surface area contributed by atoms with Crippen molar-refractivity contribution in [2.75, 3.05) is 20.3 Å². The lowest BCUT2D eigenvalue weighted by molar-refractivity contribution is -0.146. The number of esters is 1. The number of carbonyl (C=O) groups excluding carboxylic acids is 3. The minimum Gasteiger partial charge on any atom is -0.467 e. The maximum absolute atomic E-state index is 11.9. The van der Waals surface area contributed by atoms with Gasteiger partial charge in [-0.05, 0) is 6.07 Å². The summed E-state index contributed by atoms with van der Waals surface area (Å²) in [7, 11) is 1.15. The SMILES string of the molecule is COC(=O)[C@@H](CO)NC(=O)CNC(=O)Cn1ncc2ccccc21. The lowest BCUT2D eigenvalue weighted by atomic mass is 10.2. The van der Waals surface area contributed by atoms with Gasteiger partial charge in [0, 0.05) is 5.39 Å². The first kappa shape index (κ1) is 17.4. The highest BCUT2D eigenvalue weighted by atomic mass is 16.5. The lowest BCUT2D eigenvalue weighted by Gasteiger charge is -2.14. The number of benzene rings is 1. The van der Waals surface area contributed by atoms with Gasteiger partial charge in [-0.1, -0.05) is 18.2 Å². The van der Waals surface area contributed by atoms with E-state index in [0.29, 0.717) is 0 Å². The van der Waals surface area contributed by atoms with Crippen LogP contribution in [0.3, 0.4) is 0 Å². The Hall–Kier alpha value is -2.94. The maximum atomic E-state index is 11.9. The first-order valence-corrected chi connectivity index (χ1v) is 7.20. The zero-order chi connectivity index (χ0) is 17.5. The van der Waals surface area contributed by atoms with Gasteiger partial charge in [-0.2, -0.15) is 5.10 Å². The van der Waals surface area contributed by atoms with Crippen LogP contribution in [0, 0.1) is 0 Å². The molecule has 1 heterocycles. The molecule has 3 N–H and O–H groups in total. The molecule has 1 aromatic carbocycles. The van der Waals surface area contributed by atoms with E-state index in [0.717, 1.165) is 18.0 Å². The minimum absolute atomic E-state index is 0.0405. The predicted molar refractivity (Wildman–Crippen MR) is 83.8 cm³/mol. The first-order valence-electron chi connectivity index (χ1n) is 7.20. The molecule has 9 nitrogen and oxygen atoms in total. The Kier molecular flexibility index (Phi) is 5.85. The summed E-state index contributed by atoms with van der Waals surface area (Å²) in [5.41, 5.74) is 0.808. The molecule has 0 bridgehead atoms. The van der Waals surface area contributed by atoms with Crippen molar-refractivity contribution in [1.29, 1.82) is 0 Å². The first-order chi connectivity index (χ1) is 11.5. The molecule has 0 saturated heterocycles. The van der Waals surface area contributed by atoms with Crippen LogP contribution < -0.4 is 10.6 Å². The van der Waals surface area contributed by atoms with Crippen LogP contribution in [-0.4, -0.2) is 59.0 Å². The zero-order valence-electron chi connectivity index (χ0n) is 13.1. The largest absolute Gasteiger partial charge is 0.467 e. The molecule has 0 aliphatic heterocycles. The molecular weight excluding hydrogens is 316 g/mol. The molecule has 2 aromatic rings. The summed E-state index contributed by atoms with van der Waals surface area (Å²) in [6.45, 7) is -0.960. The molecule has 24 heavy (non-hydrogen) atoms. The number of carbonyl (C=O) groups is 3. The summed E-state index contributed by atoms with van der Waals surface area (Å²) in [4.78, 5) is 34.9. The number of amides is 2. The van der Waals surface area contributed by atoms with Gasteiger partial charge in [-0.15, -0.1) is 0 Å². The van der Waals surface area contributed by atoms with Crippen molar-refractivity contribution in [1.82, 2.24) is 20.4 Å². The molecule has 2 rings (SSSR count). The van der Waals surface area contributed by atoms with Crippen molar-refractivity contribution in [3.05, 3.63) is 30.5 Å². The van der Waals surface area contributed by atoms with E-state index in [1.807, 2.05) is 24.3 Å². The molecule has 0 fully saturated rings. The van der Waals surface area contributed by atoms with E-state index in [1.165, 1.54) is 4.68 Å². The molecule has 0 spiro atoms. The second-order valence-corrected chi connectivity index (χ2v) is 4.96. The molecule has 128 valence electrons. The summed E-state index contributed by atoms with van der Waals surface area (Å²) in [5, 5.41) is 18.7. The predicted octanol–water partition coefficient (Wildman–Crippen LogP) is -1.20. The van der Waals surface area contributed by atoms with Crippen molar-refractivity contribution in [3.63, 3.8) is 0 Å². The Balaban J connectivity index is 1.84. The summed E-state index contributed by atoms with van der Waals surface area (Å²) in [6, 6.07) is 6.27. The van der Waals surface area contributed by atoms with E-state index in [4.69, 9.17) is 5.11 Å². The van der Waals surface area contributed by atoms with Crippen LogP contribution in [-0.2, 0) is 25.7 Å². The number of para-hydroxylation sites is 1. The number of aromatic nitrogens is 2. The fraction of sp³-hybridized carbons (Fsp3) is 0.333. The Labute approximate surface area is 137 Å². The molecule has 1 aromatic heterocycles. The monoisotopic (exact) mass is 334 g/mol. The van der Waals surface area contributed by atoms with Crippen LogP contribution in [0.2, 0.25) is 0 Å². The van der Waals surface area contributed by atoms with Crippen LogP contribution >= 0.6 is 0 Å². The van der Waals surface area contributed by atoms with E-state index in [-0.39, 0.29) is 13.1 Å². The topological polar surface area (TPSA) is 123 Å². The number of rotatable bonds is 7. The third-order valence-corrected chi connectivity index (χ3v) is 3.29. The number of aliphatic hydroxyl groups excluding tert-OH is 1. The number of methoxy groups -OCH3 is 1. The molecule has 0 radical (unpaired) electrons. The minimum atomic E-state index is -1.16. The summed E-state index contributed by atoms with van der Waals surface area (Å²) >= 11 is 0. The van der Waals surface area contributed by atoms with Gasteiger partial charge in [0.05, 0.1) is 32.0 Å². The van der Waals surface area contributed by atoms with Crippen molar-refractivity contribution < 1.29 is 24.2 Å². The smallest absolute Gasteiger partial charge is 0.330 e. The molecule has 0 unspecified atom stereocenters. The number of fused-ring (bicyclic) bond motifs is 1. The number of nitrogens with zero attached hydrogens (tertiary/aromatic N) is 2. The molecule has 0 aliphatic rings. The van der Waals surface area contributed by atoms with Gasteiger partial charge in [0.1, 0.15) is 6.54 Å². The van der Waals surface area contributed by atoms with Crippen LogP contribution in [0.25, 0.3) is 10.9 Å². The number of ether oxygens (including phenoxy) is 1. The summed E-state index contributed by atoms with van der Waals surface area (Å²) in [5.74, 6) is -1.78. The molecule has 2 amide bonds. The van der Waals surface area contributed by atoms with Gasteiger partial charge in [-0.3, -0.25) is 14.3 Å². The third kappa shape index (κ3) is 4.29. The van der Waals surface area contributed by atoms with Crippen molar-refractivity contribution >= 4 is 28.7 Å². The highest BCUT2D eigenvalue weighted by Crippen LogP contribution is 2.11. The Morgan fingerprint density at radius 2 is 2.04 bits per heavy atom. The Morgan fingerprint density at radius 3 is 2.75 bits per heavy atom. The van der Waals surface area contributed by atoms with E-state index in [1.54, 1.807) is 6.20 Å². The van der Waals surface area contributed by atoms with Crippen molar-refractivity contribution in [2.45, 2.75) is 12.6 Å². The Morgan fingerprint density at radius 1 is 1.29 bits per heavy atom. The number of hydrogen-bond donors (Lipinski definition) is 3. The van der Waals surface area contributed by atoms with Crippen molar-refractivity contribution in [3.8, 4) is 0 Å². The maximum Gasteiger partial charge on any atom is 0.330 e. The van der Waals surface area contributed by atoms with E-state index < -0.39 is 30.4 Å². The molecule has 9 heteroatoms. The number of nitrogens with one attached hydrogen (secondary N) is 2. The lowest BCUT2D eigenvalue weighted by Crippen LogP contribution is -2.48. The highest BCUT2D eigenvalue weighted by Gasteiger charge is 2.20. The summed E-state index contributed by atoms with van der Waals surface area (Å²) in [6.07, 6.45) is 1.65. The quantitative estimate of drug-likeness (QED) is 0.547. The average molecular weight is 334 g/mol. The van der Waals surface area contributed by atoms with Gasteiger partial charge in [0.25, 0.3) is 0 Å². The number of hydrogen-bond acceptors (Lipinski definition) is 6. The molecular formula is C15H18N4O5. The van der Waals surface area contributed by atoms with Crippen molar-refractivity contribution in [2.24, 2.45) is 0 Å². The van der Waals surface area contributed by atoms with Gasteiger partial charge in [0.15, 0.2) is 6.04 Å². The number of aliphatic hydroxyl groups is 1. The summed E-state index contributed by atoms with van der Waals surface area (Å²) < 4.78 is 5.95. The van der Waals surface area contributed by atoms with E-state index in [9.17, 15) is 14.4 Å². The van der Waals surface area contributed by atoms with Crippen LogP contribution in [0.1, 0.15) is 0 Å². The van der Waals surface area contributed by atoms with E-state index >= 15 is 0 Å². The standard InChI is InChI=1S/C15H18N4O5/c1-24-15(23)11(9-20)18-13(21)7-16-14(22)8-19-12-5-3-2-4-10(12)6-17-19/h2-6,11,20H,7-9H2,1H3,(H,16,22)(H,18,21)/t11-/m1/s1. The second-order valence-electron chi connectivity index (χ2n) is 4.96. The fourth-order valence-electron chi connectivity index (χ4n) is 2.09. The zero-order valence-corrected chi connectivity index (χ0v) is 13.1. The van der Waals surface area contributed by atoms with Gasteiger partial charge in [0.2, 0.25) is 11.8 Å². The second kappa shape index (κ2) is 8.06. The van der Waals surface area contributed by atoms with E-state index in [2.05, 4.69) is 20.5 Å². The molecule has 1 atom stereocenters. The van der Waals surface area contributed by atoms with Gasteiger partial charge >= 0.3 is 5.97 Å². The third-order valence-electron chi connectivity index (χ3n) is 3.29. The normalized spacial score (nSPS) is 11.8. The average Bonchev–Trinajstić information content (AvgIpc) is 3.00. The van der Waals surface area contributed by atoms with Crippen LogP contribution in [0.5, 0.6) is 0 Å². The molecule has 0 aliphatic carbocycles. The van der Waals surface area contributed by atoms with Gasteiger partial charge < -0.3 is 20.5 Å². The van der Waals surface area contributed by atoms with Crippen LogP contribution in [0.4, 0.5) is 0 Å². The Bertz CT molecular complexity index is 742. The fourth-order valence-corrected chi connectivity index (χ4v) is 2.09. The molecule has 0 saturated carbocycles. The van der Waals surface area contributed by atoms with Gasteiger partial charge in [-0.25, -0.2) is 4.79 Å². The highest BCUT2D eigenvalue weighted by molar-refractivity contribution is 5.88. The van der Waals surface area contributed by atoms with Crippen LogP contribution in [0.15, 0.2) is 30.5 Å².